The Morgan fingerprint density at radius 1 is 1.13 bits per heavy atom. The predicted molar refractivity (Wildman–Crippen MR) is 119 cm³/mol. The number of morpholine rings is 1. The number of fused-ring (bicyclic) bond motifs is 1. The number of nitrogens with zero attached hydrogens (tertiary/aromatic N) is 2. The number of aryl methyl sites for hydroxylation is 1. The summed E-state index contributed by atoms with van der Waals surface area (Å²) in [5.74, 6) is 0.0977. The first-order valence-corrected chi connectivity index (χ1v) is 10.7. The van der Waals surface area contributed by atoms with Gasteiger partial charge in [-0.15, -0.1) is 0 Å². The van der Waals surface area contributed by atoms with Crippen molar-refractivity contribution in [2.75, 3.05) is 32.8 Å². The fourth-order valence-electron chi connectivity index (χ4n) is 4.68. The van der Waals surface area contributed by atoms with Crippen LogP contribution in [0.1, 0.15) is 28.9 Å². The van der Waals surface area contributed by atoms with E-state index in [9.17, 15) is 4.79 Å². The summed E-state index contributed by atoms with van der Waals surface area (Å²) in [4.78, 5) is 19.7. The van der Waals surface area contributed by atoms with Crippen molar-refractivity contribution in [1.82, 2.24) is 15.2 Å². The SMILES string of the molecule is Cc1ccc(-c2cccc3cc(C(=O)N4CCOC5(CCNCC5)C4)ccc23)cn1. The minimum absolute atomic E-state index is 0.0977. The van der Waals surface area contributed by atoms with Crippen molar-refractivity contribution >= 4 is 16.7 Å². The van der Waals surface area contributed by atoms with E-state index in [2.05, 4.69) is 34.6 Å². The van der Waals surface area contributed by atoms with E-state index in [-0.39, 0.29) is 11.5 Å². The summed E-state index contributed by atoms with van der Waals surface area (Å²) >= 11 is 0. The third-order valence-electron chi connectivity index (χ3n) is 6.40. The maximum absolute atomic E-state index is 13.3. The van der Waals surface area contributed by atoms with Gasteiger partial charge in [0.15, 0.2) is 0 Å². The second-order valence-electron chi connectivity index (χ2n) is 8.44. The minimum Gasteiger partial charge on any atom is -0.371 e. The number of carbonyl (C=O) groups excluding carboxylic acids is 1. The molecule has 1 aromatic heterocycles. The zero-order chi connectivity index (χ0) is 20.6. The van der Waals surface area contributed by atoms with Crippen LogP contribution >= 0.6 is 0 Å². The molecule has 5 nitrogen and oxygen atoms in total. The molecule has 1 amide bonds. The molecule has 154 valence electrons. The Bertz CT molecular complexity index is 1070. The van der Waals surface area contributed by atoms with Crippen molar-refractivity contribution < 1.29 is 9.53 Å². The zero-order valence-electron chi connectivity index (χ0n) is 17.4. The van der Waals surface area contributed by atoms with E-state index in [0.717, 1.165) is 59.1 Å². The van der Waals surface area contributed by atoms with Gasteiger partial charge in [-0.05, 0) is 67.4 Å². The topological polar surface area (TPSA) is 54.5 Å². The summed E-state index contributed by atoms with van der Waals surface area (Å²) in [6, 6.07) is 16.4. The molecule has 30 heavy (non-hydrogen) atoms. The molecule has 0 aliphatic carbocycles. The quantitative estimate of drug-likeness (QED) is 0.710. The summed E-state index contributed by atoms with van der Waals surface area (Å²) in [7, 11) is 0. The van der Waals surface area contributed by atoms with Crippen molar-refractivity contribution in [3.05, 3.63) is 66.0 Å². The van der Waals surface area contributed by atoms with Crippen LogP contribution in [0.5, 0.6) is 0 Å². The fourth-order valence-corrected chi connectivity index (χ4v) is 4.68. The Hall–Kier alpha value is -2.76. The number of ether oxygens (including phenoxy) is 1. The first-order chi connectivity index (χ1) is 14.6. The number of pyridine rings is 1. The Morgan fingerprint density at radius 3 is 2.80 bits per heavy atom. The first-order valence-electron chi connectivity index (χ1n) is 10.7. The number of nitrogens with one attached hydrogen (secondary N) is 1. The molecule has 0 bridgehead atoms. The summed E-state index contributed by atoms with van der Waals surface area (Å²) in [6.07, 6.45) is 3.83. The van der Waals surface area contributed by atoms with E-state index < -0.39 is 0 Å². The number of hydrogen-bond acceptors (Lipinski definition) is 4. The third-order valence-corrected chi connectivity index (χ3v) is 6.40. The maximum atomic E-state index is 13.3. The monoisotopic (exact) mass is 401 g/mol. The van der Waals surface area contributed by atoms with Crippen molar-refractivity contribution in [1.29, 1.82) is 0 Å². The van der Waals surface area contributed by atoms with Crippen LogP contribution in [0.3, 0.4) is 0 Å². The standard InChI is InChI=1S/C25H27N3O2/c1-18-5-6-21(16-27-18)22-4-2-3-19-15-20(7-8-23(19)22)24(29)28-13-14-30-25(17-28)9-11-26-12-10-25/h2-8,15-16,26H,9-14,17H2,1H3. The number of aromatic nitrogens is 1. The van der Waals surface area contributed by atoms with Gasteiger partial charge in [-0.25, -0.2) is 0 Å². The van der Waals surface area contributed by atoms with Crippen LogP contribution in [0.25, 0.3) is 21.9 Å². The molecule has 2 aliphatic heterocycles. The molecule has 1 spiro atoms. The number of hydrogen-bond donors (Lipinski definition) is 1. The van der Waals surface area contributed by atoms with E-state index in [1.807, 2.05) is 42.3 Å². The number of piperidine rings is 1. The highest BCUT2D eigenvalue weighted by Crippen LogP contribution is 2.31. The normalized spacial score (nSPS) is 18.6. The van der Waals surface area contributed by atoms with Gasteiger partial charge >= 0.3 is 0 Å². The van der Waals surface area contributed by atoms with E-state index >= 15 is 0 Å². The summed E-state index contributed by atoms with van der Waals surface area (Å²) in [6.45, 7) is 5.85. The Morgan fingerprint density at radius 2 is 2.00 bits per heavy atom. The zero-order valence-corrected chi connectivity index (χ0v) is 17.4. The Labute approximate surface area is 177 Å². The van der Waals surface area contributed by atoms with Crippen LogP contribution in [0.15, 0.2) is 54.7 Å². The molecule has 0 saturated carbocycles. The van der Waals surface area contributed by atoms with E-state index in [1.165, 1.54) is 0 Å². The largest absolute Gasteiger partial charge is 0.371 e. The van der Waals surface area contributed by atoms with E-state index in [0.29, 0.717) is 19.7 Å². The van der Waals surface area contributed by atoms with Gasteiger partial charge in [-0.2, -0.15) is 0 Å². The number of benzene rings is 2. The summed E-state index contributed by atoms with van der Waals surface area (Å²) < 4.78 is 6.13. The van der Waals surface area contributed by atoms with Gasteiger partial charge in [-0.1, -0.05) is 30.3 Å². The Kier molecular flexibility index (Phi) is 5.01. The summed E-state index contributed by atoms with van der Waals surface area (Å²) in [5, 5.41) is 5.59. The van der Waals surface area contributed by atoms with Crippen LogP contribution in [0.4, 0.5) is 0 Å². The van der Waals surface area contributed by atoms with Crippen molar-refractivity contribution in [2.45, 2.75) is 25.4 Å². The molecule has 0 radical (unpaired) electrons. The van der Waals surface area contributed by atoms with Crippen molar-refractivity contribution in [3.8, 4) is 11.1 Å². The molecule has 1 N–H and O–H groups in total. The van der Waals surface area contributed by atoms with Crippen LogP contribution in [0.2, 0.25) is 0 Å². The average Bonchev–Trinajstić information content (AvgIpc) is 2.79. The second-order valence-corrected chi connectivity index (χ2v) is 8.44. The second kappa shape index (κ2) is 7.82. The predicted octanol–water partition coefficient (Wildman–Crippen LogP) is 3.80. The smallest absolute Gasteiger partial charge is 0.254 e. The molecule has 3 heterocycles. The fraction of sp³-hybridized carbons (Fsp3) is 0.360. The first kappa shape index (κ1) is 19.2. The average molecular weight is 402 g/mol. The lowest BCUT2D eigenvalue weighted by molar-refractivity contribution is -0.114. The number of rotatable bonds is 2. The molecule has 0 atom stereocenters. The lowest BCUT2D eigenvalue weighted by Gasteiger charge is -2.45. The number of carbonyl (C=O) groups is 1. The molecule has 2 saturated heterocycles. The lowest BCUT2D eigenvalue weighted by Crippen LogP contribution is -2.57. The van der Waals surface area contributed by atoms with Crippen LogP contribution < -0.4 is 5.32 Å². The van der Waals surface area contributed by atoms with E-state index in [1.54, 1.807) is 0 Å². The van der Waals surface area contributed by atoms with Gasteiger partial charge < -0.3 is 15.0 Å². The molecule has 5 rings (SSSR count). The van der Waals surface area contributed by atoms with Gasteiger partial charge in [-0.3, -0.25) is 9.78 Å². The summed E-state index contributed by atoms with van der Waals surface area (Å²) in [5.41, 5.74) is 3.80. The van der Waals surface area contributed by atoms with Gasteiger partial charge in [0.05, 0.1) is 18.8 Å². The minimum atomic E-state index is -0.179. The van der Waals surface area contributed by atoms with Crippen LogP contribution in [-0.2, 0) is 4.74 Å². The molecular formula is C25H27N3O2. The van der Waals surface area contributed by atoms with Gasteiger partial charge in [0.25, 0.3) is 5.91 Å². The molecule has 2 aromatic carbocycles. The highest BCUT2D eigenvalue weighted by molar-refractivity contribution is 6.02. The van der Waals surface area contributed by atoms with Crippen LogP contribution in [0, 0.1) is 6.92 Å². The lowest BCUT2D eigenvalue weighted by atomic mass is 9.90. The van der Waals surface area contributed by atoms with Gasteiger partial charge in [0, 0.05) is 29.6 Å². The molecule has 5 heteroatoms. The molecular weight excluding hydrogens is 374 g/mol. The highest BCUT2D eigenvalue weighted by atomic mass is 16.5. The number of amides is 1. The van der Waals surface area contributed by atoms with Gasteiger partial charge in [0.2, 0.25) is 0 Å². The molecule has 3 aromatic rings. The molecule has 2 fully saturated rings. The molecule has 0 unspecified atom stereocenters. The highest BCUT2D eigenvalue weighted by Gasteiger charge is 2.39. The van der Waals surface area contributed by atoms with E-state index in [4.69, 9.17) is 4.74 Å². The van der Waals surface area contributed by atoms with Crippen molar-refractivity contribution in [3.63, 3.8) is 0 Å². The van der Waals surface area contributed by atoms with Crippen molar-refractivity contribution in [2.24, 2.45) is 0 Å². The Balaban J connectivity index is 1.43. The van der Waals surface area contributed by atoms with Crippen LogP contribution in [-0.4, -0.2) is 54.2 Å². The van der Waals surface area contributed by atoms with Gasteiger partial charge in [0.1, 0.15) is 0 Å². The maximum Gasteiger partial charge on any atom is 0.254 e. The molecule has 2 aliphatic rings. The third kappa shape index (κ3) is 3.59.